The van der Waals surface area contributed by atoms with Gasteiger partial charge in [0.25, 0.3) is 5.91 Å². The van der Waals surface area contributed by atoms with Gasteiger partial charge in [-0.05, 0) is 18.2 Å². The first-order valence-corrected chi connectivity index (χ1v) is 5.77. The highest BCUT2D eigenvalue weighted by atomic mass is 16.4. The van der Waals surface area contributed by atoms with Gasteiger partial charge in [0.1, 0.15) is 5.82 Å². The van der Waals surface area contributed by atoms with E-state index in [1.54, 1.807) is 7.05 Å². The van der Waals surface area contributed by atoms with Gasteiger partial charge in [-0.25, -0.2) is 0 Å². The molecule has 0 spiro atoms. The van der Waals surface area contributed by atoms with E-state index in [0.717, 1.165) is 6.07 Å². The molecule has 9 heteroatoms. The molecular formula is C12H13N5O4. The minimum Gasteiger partial charge on any atom is -0.504 e. The Balaban J connectivity index is 2.31. The average Bonchev–Trinajstić information content (AvgIpc) is 2.82. The normalized spacial score (nSPS) is 11.4. The molecule has 0 aliphatic rings. The van der Waals surface area contributed by atoms with Gasteiger partial charge in [0.2, 0.25) is 0 Å². The first kappa shape index (κ1) is 14.2. The summed E-state index contributed by atoms with van der Waals surface area (Å²) in [6, 6.07) is 3.64. The van der Waals surface area contributed by atoms with Gasteiger partial charge in [-0.2, -0.15) is 5.10 Å². The van der Waals surface area contributed by atoms with Crippen LogP contribution in [0.25, 0.3) is 0 Å². The number of carbonyl (C=O) groups is 1. The first-order chi connectivity index (χ1) is 9.93. The number of hydrogen-bond acceptors (Lipinski definition) is 6. The predicted octanol–water partition coefficient (Wildman–Crippen LogP) is 0.178. The second-order valence-corrected chi connectivity index (χ2v) is 4.17. The van der Waals surface area contributed by atoms with Crippen molar-refractivity contribution >= 4 is 17.6 Å². The standard InChI is InChI=1S/C12H13N5O4/c1-17-11(7(5-14-17)10(13)16-21)15-12(20)6-2-3-8(18)9(19)4-6/h2-5,18-19,21H,1H3,(H2,13,16)(H,15,20). The van der Waals surface area contributed by atoms with Crippen LogP contribution in [0.1, 0.15) is 15.9 Å². The van der Waals surface area contributed by atoms with Crippen molar-refractivity contribution < 1.29 is 20.2 Å². The van der Waals surface area contributed by atoms with Crippen LogP contribution in [0.2, 0.25) is 0 Å². The van der Waals surface area contributed by atoms with Crippen LogP contribution >= 0.6 is 0 Å². The third kappa shape index (κ3) is 2.71. The largest absolute Gasteiger partial charge is 0.504 e. The second kappa shape index (κ2) is 5.41. The van der Waals surface area contributed by atoms with Gasteiger partial charge in [-0.1, -0.05) is 5.16 Å². The summed E-state index contributed by atoms with van der Waals surface area (Å²) in [6.07, 6.45) is 1.33. The van der Waals surface area contributed by atoms with Gasteiger partial charge < -0.3 is 26.5 Å². The Labute approximate surface area is 118 Å². The third-order valence-corrected chi connectivity index (χ3v) is 2.79. The number of aromatic nitrogens is 2. The van der Waals surface area contributed by atoms with Gasteiger partial charge in [0.05, 0.1) is 11.8 Å². The lowest BCUT2D eigenvalue weighted by Crippen LogP contribution is -2.20. The summed E-state index contributed by atoms with van der Waals surface area (Å²) in [5.41, 5.74) is 5.86. The monoisotopic (exact) mass is 291 g/mol. The minimum absolute atomic E-state index is 0.122. The lowest BCUT2D eigenvalue weighted by Gasteiger charge is -2.08. The summed E-state index contributed by atoms with van der Waals surface area (Å²) in [5, 5.41) is 36.6. The maximum atomic E-state index is 12.1. The highest BCUT2D eigenvalue weighted by Gasteiger charge is 2.17. The number of benzene rings is 1. The summed E-state index contributed by atoms with van der Waals surface area (Å²) in [6.45, 7) is 0. The van der Waals surface area contributed by atoms with Crippen molar-refractivity contribution in [1.29, 1.82) is 0 Å². The molecule has 2 aromatic rings. The highest BCUT2D eigenvalue weighted by molar-refractivity contribution is 6.09. The highest BCUT2D eigenvalue weighted by Crippen LogP contribution is 2.25. The summed E-state index contributed by atoms with van der Waals surface area (Å²) in [7, 11) is 1.57. The molecule has 0 aliphatic heterocycles. The summed E-state index contributed by atoms with van der Waals surface area (Å²) in [4.78, 5) is 12.1. The zero-order valence-corrected chi connectivity index (χ0v) is 11.0. The zero-order chi connectivity index (χ0) is 15.6. The van der Waals surface area contributed by atoms with Crippen molar-refractivity contribution in [3.8, 4) is 11.5 Å². The fraction of sp³-hybridized carbons (Fsp3) is 0.0833. The van der Waals surface area contributed by atoms with E-state index in [1.807, 2.05) is 0 Å². The maximum absolute atomic E-state index is 12.1. The number of nitrogens with one attached hydrogen (secondary N) is 1. The number of oxime groups is 1. The SMILES string of the molecule is Cn1ncc(/C(N)=N/O)c1NC(=O)c1ccc(O)c(O)c1. The van der Waals surface area contributed by atoms with Gasteiger partial charge in [0, 0.05) is 12.6 Å². The number of nitrogens with two attached hydrogens (primary N) is 1. The molecule has 0 aliphatic carbocycles. The van der Waals surface area contributed by atoms with Gasteiger partial charge in [-0.15, -0.1) is 0 Å². The second-order valence-electron chi connectivity index (χ2n) is 4.17. The molecule has 0 bridgehead atoms. The van der Waals surface area contributed by atoms with Crippen LogP contribution in [-0.4, -0.2) is 36.9 Å². The van der Waals surface area contributed by atoms with Crippen molar-refractivity contribution in [3.05, 3.63) is 35.5 Å². The first-order valence-electron chi connectivity index (χ1n) is 5.77. The molecule has 0 radical (unpaired) electrons. The third-order valence-electron chi connectivity index (χ3n) is 2.79. The van der Waals surface area contributed by atoms with Gasteiger partial charge in [0.15, 0.2) is 17.3 Å². The van der Waals surface area contributed by atoms with Crippen LogP contribution in [-0.2, 0) is 7.05 Å². The molecule has 110 valence electrons. The van der Waals surface area contributed by atoms with E-state index in [-0.39, 0.29) is 28.5 Å². The van der Waals surface area contributed by atoms with Crippen molar-refractivity contribution in [2.75, 3.05) is 5.32 Å². The zero-order valence-electron chi connectivity index (χ0n) is 11.0. The number of aryl methyl sites for hydroxylation is 1. The molecule has 0 atom stereocenters. The number of anilines is 1. The fourth-order valence-electron chi connectivity index (χ4n) is 1.67. The Morgan fingerprint density at radius 2 is 2.10 bits per heavy atom. The van der Waals surface area contributed by atoms with Crippen LogP contribution in [0.15, 0.2) is 29.6 Å². The van der Waals surface area contributed by atoms with Crippen molar-refractivity contribution in [2.45, 2.75) is 0 Å². The van der Waals surface area contributed by atoms with Gasteiger partial charge >= 0.3 is 0 Å². The lowest BCUT2D eigenvalue weighted by molar-refractivity contribution is 0.102. The van der Waals surface area contributed by atoms with Crippen LogP contribution < -0.4 is 11.1 Å². The molecule has 1 aromatic carbocycles. The number of amidine groups is 1. The van der Waals surface area contributed by atoms with Crippen LogP contribution in [0.3, 0.4) is 0 Å². The van der Waals surface area contributed by atoms with Crippen LogP contribution in [0.5, 0.6) is 11.5 Å². The number of phenolic OH excluding ortho intramolecular Hbond substituents is 2. The Morgan fingerprint density at radius 3 is 2.71 bits per heavy atom. The summed E-state index contributed by atoms with van der Waals surface area (Å²) < 4.78 is 1.34. The number of hydrogen-bond donors (Lipinski definition) is 5. The minimum atomic E-state index is -0.555. The molecule has 0 unspecified atom stereocenters. The maximum Gasteiger partial charge on any atom is 0.256 e. The Hall–Kier alpha value is -3.23. The fourth-order valence-corrected chi connectivity index (χ4v) is 1.67. The Morgan fingerprint density at radius 1 is 1.38 bits per heavy atom. The molecule has 1 heterocycles. The predicted molar refractivity (Wildman–Crippen MR) is 73.4 cm³/mol. The molecule has 21 heavy (non-hydrogen) atoms. The van der Waals surface area contributed by atoms with Crippen LogP contribution in [0.4, 0.5) is 5.82 Å². The van der Waals surface area contributed by atoms with E-state index in [2.05, 4.69) is 15.6 Å². The molecule has 1 amide bonds. The molecule has 9 nitrogen and oxygen atoms in total. The summed E-state index contributed by atoms with van der Waals surface area (Å²) >= 11 is 0. The Bertz CT molecular complexity index is 722. The molecule has 1 aromatic heterocycles. The number of phenols is 2. The topological polar surface area (TPSA) is 146 Å². The number of carbonyl (C=O) groups excluding carboxylic acids is 1. The van der Waals surface area contributed by atoms with E-state index in [0.29, 0.717) is 0 Å². The lowest BCUT2D eigenvalue weighted by atomic mass is 10.2. The average molecular weight is 291 g/mol. The summed E-state index contributed by atoms with van der Waals surface area (Å²) in [5.74, 6) is -1.27. The van der Waals surface area contributed by atoms with E-state index in [9.17, 15) is 15.0 Å². The van der Waals surface area contributed by atoms with E-state index in [1.165, 1.54) is 23.0 Å². The number of rotatable bonds is 3. The molecule has 2 rings (SSSR count). The smallest absolute Gasteiger partial charge is 0.256 e. The quantitative estimate of drug-likeness (QED) is 0.179. The van der Waals surface area contributed by atoms with Crippen LogP contribution in [0, 0.1) is 0 Å². The van der Waals surface area contributed by atoms with Crippen molar-refractivity contribution in [3.63, 3.8) is 0 Å². The Kier molecular flexibility index (Phi) is 3.65. The number of aromatic hydroxyl groups is 2. The molecule has 0 saturated heterocycles. The number of amides is 1. The number of nitrogens with zero attached hydrogens (tertiary/aromatic N) is 3. The van der Waals surface area contributed by atoms with E-state index >= 15 is 0 Å². The van der Waals surface area contributed by atoms with Crippen molar-refractivity contribution in [1.82, 2.24) is 9.78 Å². The molecule has 0 saturated carbocycles. The van der Waals surface area contributed by atoms with Crippen molar-refractivity contribution in [2.24, 2.45) is 17.9 Å². The molecule has 6 N–H and O–H groups in total. The van der Waals surface area contributed by atoms with E-state index < -0.39 is 11.7 Å². The van der Waals surface area contributed by atoms with Gasteiger partial charge in [-0.3, -0.25) is 9.48 Å². The molecular weight excluding hydrogens is 278 g/mol. The van der Waals surface area contributed by atoms with E-state index in [4.69, 9.17) is 10.9 Å². The molecule has 0 fully saturated rings.